The summed E-state index contributed by atoms with van der Waals surface area (Å²) in [6, 6.07) is 14.3. The summed E-state index contributed by atoms with van der Waals surface area (Å²) >= 11 is 1.28. The molecule has 26 heavy (non-hydrogen) atoms. The lowest BCUT2D eigenvalue weighted by atomic mass is 10.1. The minimum atomic E-state index is -0.185. The topological polar surface area (TPSA) is 80.9 Å². The molecule has 5 nitrogen and oxygen atoms in total. The number of hydrogen-bond acceptors (Lipinski definition) is 5. The molecule has 0 unspecified atom stereocenters. The largest absolute Gasteiger partial charge is 0.397 e. The number of fused-ring (bicyclic) bond motifs is 2. The number of rotatable bonds is 3. The van der Waals surface area contributed by atoms with Crippen LogP contribution in [-0.4, -0.2) is 16.1 Å². The van der Waals surface area contributed by atoms with Crippen LogP contribution < -0.4 is 11.1 Å². The Morgan fingerprint density at radius 3 is 2.69 bits per heavy atom. The highest BCUT2D eigenvalue weighted by atomic mass is 32.1. The predicted octanol–water partition coefficient (Wildman–Crippen LogP) is 3.97. The molecule has 130 valence electrons. The van der Waals surface area contributed by atoms with E-state index in [1.165, 1.54) is 16.7 Å². The fourth-order valence-electron chi connectivity index (χ4n) is 3.02. The SMILES string of the molecule is Cc1nnc2sc(C(=O)NCc3ccc4ccccc4c3)c(N)c2c1C. The molecule has 1 amide bonds. The first-order chi connectivity index (χ1) is 12.5. The van der Waals surface area contributed by atoms with E-state index in [4.69, 9.17) is 5.73 Å². The number of aromatic nitrogens is 2. The summed E-state index contributed by atoms with van der Waals surface area (Å²) in [5, 5.41) is 14.4. The van der Waals surface area contributed by atoms with Crippen molar-refractivity contribution in [3.63, 3.8) is 0 Å². The Morgan fingerprint density at radius 2 is 1.88 bits per heavy atom. The van der Waals surface area contributed by atoms with Crippen molar-refractivity contribution >= 4 is 43.9 Å². The molecule has 0 aliphatic heterocycles. The van der Waals surface area contributed by atoms with E-state index >= 15 is 0 Å². The van der Waals surface area contributed by atoms with Crippen LogP contribution in [0.15, 0.2) is 42.5 Å². The lowest BCUT2D eigenvalue weighted by molar-refractivity contribution is 0.0956. The molecule has 0 fully saturated rings. The van der Waals surface area contributed by atoms with Crippen LogP contribution in [0.25, 0.3) is 21.0 Å². The van der Waals surface area contributed by atoms with Crippen LogP contribution in [-0.2, 0) is 6.54 Å². The van der Waals surface area contributed by atoms with Gasteiger partial charge in [0.25, 0.3) is 5.91 Å². The zero-order valence-electron chi connectivity index (χ0n) is 14.5. The Kier molecular flexibility index (Phi) is 4.05. The van der Waals surface area contributed by atoms with Gasteiger partial charge in [-0.2, -0.15) is 5.10 Å². The van der Waals surface area contributed by atoms with E-state index in [1.807, 2.05) is 32.0 Å². The summed E-state index contributed by atoms with van der Waals surface area (Å²) in [5.41, 5.74) is 9.56. The van der Waals surface area contributed by atoms with E-state index < -0.39 is 0 Å². The third-order valence-electron chi connectivity index (χ3n) is 4.61. The standard InChI is InChI=1S/C20H18N4OS/c1-11-12(2)23-24-20-16(11)17(21)18(26-20)19(25)22-10-13-7-8-14-5-3-4-6-15(14)9-13/h3-9H,10,21H2,1-2H3,(H,22,25). The molecule has 2 aromatic carbocycles. The number of aryl methyl sites for hydroxylation is 2. The Balaban J connectivity index is 1.59. The number of nitrogens with two attached hydrogens (primary N) is 1. The summed E-state index contributed by atoms with van der Waals surface area (Å²) in [7, 11) is 0. The second-order valence-electron chi connectivity index (χ2n) is 6.30. The second-order valence-corrected chi connectivity index (χ2v) is 7.30. The molecule has 3 N–H and O–H groups in total. The Hall–Kier alpha value is -2.99. The molecule has 4 rings (SSSR count). The normalized spacial score (nSPS) is 11.2. The molecule has 6 heteroatoms. The van der Waals surface area contributed by atoms with Gasteiger partial charge in [0, 0.05) is 11.9 Å². The van der Waals surface area contributed by atoms with E-state index in [9.17, 15) is 4.79 Å². The first-order valence-electron chi connectivity index (χ1n) is 8.32. The van der Waals surface area contributed by atoms with Crippen molar-refractivity contribution in [2.45, 2.75) is 20.4 Å². The van der Waals surface area contributed by atoms with Crippen LogP contribution in [0.4, 0.5) is 5.69 Å². The lowest BCUT2D eigenvalue weighted by Gasteiger charge is -2.06. The quantitative estimate of drug-likeness (QED) is 0.578. The average Bonchev–Trinajstić information content (AvgIpc) is 3.00. The van der Waals surface area contributed by atoms with Gasteiger partial charge >= 0.3 is 0 Å². The highest BCUT2D eigenvalue weighted by Crippen LogP contribution is 2.34. The van der Waals surface area contributed by atoms with Gasteiger partial charge in [-0.25, -0.2) is 0 Å². The summed E-state index contributed by atoms with van der Waals surface area (Å²) in [6.45, 7) is 4.28. The predicted molar refractivity (Wildman–Crippen MR) is 106 cm³/mol. The first kappa shape index (κ1) is 16.5. The maximum absolute atomic E-state index is 12.6. The van der Waals surface area contributed by atoms with Gasteiger partial charge in [-0.05, 0) is 41.8 Å². The number of anilines is 1. The summed E-state index contributed by atoms with van der Waals surface area (Å²) < 4.78 is 0. The molecule has 0 radical (unpaired) electrons. The van der Waals surface area contributed by atoms with Gasteiger partial charge in [0.05, 0.1) is 11.4 Å². The van der Waals surface area contributed by atoms with E-state index in [1.54, 1.807) is 0 Å². The average molecular weight is 362 g/mol. The molecule has 0 bridgehead atoms. The van der Waals surface area contributed by atoms with Crippen LogP contribution >= 0.6 is 11.3 Å². The number of amides is 1. The summed E-state index contributed by atoms with van der Waals surface area (Å²) in [6.07, 6.45) is 0. The van der Waals surface area contributed by atoms with Gasteiger partial charge in [0.15, 0.2) is 0 Å². The third-order valence-corrected chi connectivity index (χ3v) is 5.70. The summed E-state index contributed by atoms with van der Waals surface area (Å²) in [4.78, 5) is 13.8. The highest BCUT2D eigenvalue weighted by molar-refractivity contribution is 7.21. The first-order valence-corrected chi connectivity index (χ1v) is 9.14. The number of carbonyl (C=O) groups is 1. The fraction of sp³-hybridized carbons (Fsp3) is 0.150. The number of nitrogens with one attached hydrogen (secondary N) is 1. The van der Waals surface area contributed by atoms with E-state index in [2.05, 4.69) is 39.8 Å². The van der Waals surface area contributed by atoms with Crippen LogP contribution in [0.5, 0.6) is 0 Å². The molecule has 2 aromatic heterocycles. The van der Waals surface area contributed by atoms with Crippen LogP contribution in [0.1, 0.15) is 26.5 Å². The number of benzene rings is 2. The zero-order chi connectivity index (χ0) is 18.3. The molecule has 0 atom stereocenters. The van der Waals surface area contributed by atoms with Crippen molar-refractivity contribution < 1.29 is 4.79 Å². The van der Waals surface area contributed by atoms with Gasteiger partial charge in [0.1, 0.15) is 9.71 Å². The molecular formula is C20H18N4OS. The monoisotopic (exact) mass is 362 g/mol. The van der Waals surface area contributed by atoms with Crippen molar-refractivity contribution in [2.24, 2.45) is 0 Å². The number of nitrogens with zero attached hydrogens (tertiary/aromatic N) is 2. The highest BCUT2D eigenvalue weighted by Gasteiger charge is 2.19. The van der Waals surface area contributed by atoms with Crippen molar-refractivity contribution in [1.82, 2.24) is 15.5 Å². The third kappa shape index (κ3) is 2.78. The Morgan fingerprint density at radius 1 is 1.12 bits per heavy atom. The molecule has 0 saturated carbocycles. The van der Waals surface area contributed by atoms with Crippen molar-refractivity contribution in [3.05, 3.63) is 64.2 Å². The van der Waals surface area contributed by atoms with Gasteiger partial charge in [-0.3, -0.25) is 4.79 Å². The molecule has 0 aliphatic rings. The summed E-state index contributed by atoms with van der Waals surface area (Å²) in [5.74, 6) is -0.185. The molecule has 0 saturated heterocycles. The Bertz CT molecular complexity index is 1150. The van der Waals surface area contributed by atoms with Gasteiger partial charge < -0.3 is 11.1 Å². The molecule has 4 aromatic rings. The Labute approximate surface area is 154 Å². The van der Waals surface area contributed by atoms with Gasteiger partial charge in [0.2, 0.25) is 0 Å². The van der Waals surface area contributed by atoms with E-state index in [0.717, 1.165) is 27.6 Å². The van der Waals surface area contributed by atoms with Crippen LogP contribution in [0, 0.1) is 13.8 Å². The number of hydrogen-bond donors (Lipinski definition) is 2. The molecule has 2 heterocycles. The zero-order valence-corrected chi connectivity index (χ0v) is 15.4. The van der Waals surface area contributed by atoms with Crippen molar-refractivity contribution in [3.8, 4) is 0 Å². The minimum Gasteiger partial charge on any atom is -0.397 e. The van der Waals surface area contributed by atoms with Crippen LogP contribution in [0.2, 0.25) is 0 Å². The van der Waals surface area contributed by atoms with E-state index in [-0.39, 0.29) is 5.91 Å². The smallest absolute Gasteiger partial charge is 0.263 e. The van der Waals surface area contributed by atoms with Gasteiger partial charge in [-0.1, -0.05) is 36.4 Å². The fourth-order valence-corrected chi connectivity index (χ4v) is 4.04. The van der Waals surface area contributed by atoms with Crippen molar-refractivity contribution in [2.75, 3.05) is 5.73 Å². The lowest BCUT2D eigenvalue weighted by Crippen LogP contribution is -2.22. The second kappa shape index (κ2) is 6.38. The van der Waals surface area contributed by atoms with Crippen LogP contribution in [0.3, 0.4) is 0 Å². The van der Waals surface area contributed by atoms with Gasteiger partial charge in [-0.15, -0.1) is 16.4 Å². The molecule has 0 aliphatic carbocycles. The molecule has 0 spiro atoms. The maximum atomic E-state index is 12.6. The van der Waals surface area contributed by atoms with Crippen molar-refractivity contribution in [1.29, 1.82) is 0 Å². The molecular weight excluding hydrogens is 344 g/mol. The maximum Gasteiger partial charge on any atom is 0.263 e. The number of nitrogen functional groups attached to an aromatic ring is 1. The number of thiophene rings is 1. The minimum absolute atomic E-state index is 0.185. The number of carbonyl (C=O) groups excluding carboxylic acids is 1. The van der Waals surface area contributed by atoms with E-state index in [0.29, 0.717) is 21.9 Å².